The second-order valence-electron chi connectivity index (χ2n) is 8.04. The molecule has 32 heavy (non-hydrogen) atoms. The summed E-state index contributed by atoms with van der Waals surface area (Å²) in [6.07, 6.45) is 2.70. The molecule has 0 bridgehead atoms. The van der Waals surface area contributed by atoms with Gasteiger partial charge in [-0.2, -0.15) is 5.10 Å². The van der Waals surface area contributed by atoms with Crippen LogP contribution in [0.4, 0.5) is 11.5 Å². The maximum atomic E-state index is 12.8. The number of ether oxygens (including phenoxy) is 1. The standard InChI is InChI=1S/C24H26N6O2/c1-16-18(17(2)30-23(26-16)19-6-3-4-7-20(19)28-30)9-10-22(31)27-21-8-5-11-25-24(21)29-12-14-32-15-13-29/h3-8,11H,9-10,12-15H2,1-2H3,(H,27,31). The molecule has 4 heterocycles. The molecule has 5 rings (SSSR count). The van der Waals surface area contributed by atoms with Gasteiger partial charge in [0.2, 0.25) is 5.91 Å². The van der Waals surface area contributed by atoms with Crippen LogP contribution in [0.25, 0.3) is 16.6 Å². The van der Waals surface area contributed by atoms with Crippen molar-refractivity contribution in [3.05, 3.63) is 59.5 Å². The van der Waals surface area contributed by atoms with E-state index in [0.29, 0.717) is 26.1 Å². The highest BCUT2D eigenvalue weighted by molar-refractivity contribution is 5.94. The van der Waals surface area contributed by atoms with Gasteiger partial charge in [0.1, 0.15) is 0 Å². The Bertz CT molecular complexity index is 1290. The smallest absolute Gasteiger partial charge is 0.224 e. The largest absolute Gasteiger partial charge is 0.378 e. The number of carbonyl (C=O) groups is 1. The van der Waals surface area contributed by atoms with Gasteiger partial charge in [-0.15, -0.1) is 0 Å². The zero-order chi connectivity index (χ0) is 22.1. The van der Waals surface area contributed by atoms with Crippen molar-refractivity contribution in [3.8, 4) is 0 Å². The van der Waals surface area contributed by atoms with Crippen LogP contribution in [0.15, 0.2) is 42.6 Å². The summed E-state index contributed by atoms with van der Waals surface area (Å²) in [5, 5.41) is 8.79. The number of pyridine rings is 1. The molecule has 1 N–H and O–H groups in total. The Labute approximate surface area is 186 Å². The lowest BCUT2D eigenvalue weighted by Crippen LogP contribution is -2.37. The van der Waals surface area contributed by atoms with Crippen molar-refractivity contribution >= 4 is 34.0 Å². The minimum atomic E-state index is -0.0444. The van der Waals surface area contributed by atoms with Gasteiger partial charge in [-0.25, -0.2) is 14.5 Å². The van der Waals surface area contributed by atoms with Crippen molar-refractivity contribution in [3.63, 3.8) is 0 Å². The van der Waals surface area contributed by atoms with Crippen LogP contribution in [-0.2, 0) is 16.0 Å². The molecule has 0 atom stereocenters. The molecule has 1 amide bonds. The van der Waals surface area contributed by atoms with E-state index < -0.39 is 0 Å². The molecule has 1 fully saturated rings. The average molecular weight is 431 g/mol. The van der Waals surface area contributed by atoms with Gasteiger partial charge in [0.25, 0.3) is 0 Å². The lowest BCUT2D eigenvalue weighted by atomic mass is 10.1. The molecule has 3 aromatic heterocycles. The number of nitrogens with zero attached hydrogens (tertiary/aromatic N) is 5. The van der Waals surface area contributed by atoms with Gasteiger partial charge >= 0.3 is 0 Å². The van der Waals surface area contributed by atoms with E-state index in [1.54, 1.807) is 6.20 Å². The van der Waals surface area contributed by atoms with Crippen molar-refractivity contribution < 1.29 is 9.53 Å². The number of carbonyl (C=O) groups excluding carboxylic acids is 1. The molecule has 1 aliphatic heterocycles. The highest BCUT2D eigenvalue weighted by Gasteiger charge is 2.18. The number of hydrogen-bond donors (Lipinski definition) is 1. The van der Waals surface area contributed by atoms with E-state index >= 15 is 0 Å². The summed E-state index contributed by atoms with van der Waals surface area (Å²) in [5.74, 6) is 0.750. The summed E-state index contributed by atoms with van der Waals surface area (Å²) < 4.78 is 7.32. The fraction of sp³-hybridized carbons (Fsp3) is 0.333. The normalized spacial score (nSPS) is 14.2. The second-order valence-corrected chi connectivity index (χ2v) is 8.04. The average Bonchev–Trinajstić information content (AvgIpc) is 3.19. The lowest BCUT2D eigenvalue weighted by molar-refractivity contribution is -0.116. The van der Waals surface area contributed by atoms with Gasteiger partial charge < -0.3 is 15.0 Å². The van der Waals surface area contributed by atoms with Gasteiger partial charge in [0, 0.05) is 42.5 Å². The number of fused-ring (bicyclic) bond motifs is 3. The zero-order valence-electron chi connectivity index (χ0n) is 18.3. The Morgan fingerprint density at radius 3 is 2.78 bits per heavy atom. The number of anilines is 2. The van der Waals surface area contributed by atoms with E-state index in [1.807, 2.05) is 54.8 Å². The van der Waals surface area contributed by atoms with Crippen LogP contribution in [-0.4, -0.2) is 51.8 Å². The summed E-state index contributed by atoms with van der Waals surface area (Å²) >= 11 is 0. The SMILES string of the molecule is Cc1nc2c3ccccc3nn2c(C)c1CCC(=O)Nc1cccnc1N1CCOCC1. The number of aromatic nitrogens is 4. The number of amides is 1. The second kappa shape index (κ2) is 8.55. The van der Waals surface area contributed by atoms with Crippen molar-refractivity contribution in [2.75, 3.05) is 36.5 Å². The monoisotopic (exact) mass is 430 g/mol. The van der Waals surface area contributed by atoms with Crippen LogP contribution in [0.5, 0.6) is 0 Å². The first-order valence-electron chi connectivity index (χ1n) is 10.9. The van der Waals surface area contributed by atoms with Crippen LogP contribution in [0.1, 0.15) is 23.4 Å². The van der Waals surface area contributed by atoms with E-state index in [0.717, 1.165) is 58.1 Å². The van der Waals surface area contributed by atoms with Crippen molar-refractivity contribution in [1.29, 1.82) is 0 Å². The number of benzene rings is 1. The number of nitrogens with one attached hydrogen (secondary N) is 1. The molecule has 1 saturated heterocycles. The van der Waals surface area contributed by atoms with E-state index in [4.69, 9.17) is 14.8 Å². The Morgan fingerprint density at radius 2 is 1.94 bits per heavy atom. The highest BCUT2D eigenvalue weighted by Crippen LogP contribution is 2.25. The summed E-state index contributed by atoms with van der Waals surface area (Å²) in [5.41, 5.74) is 5.52. The molecule has 0 spiro atoms. The fourth-order valence-corrected chi connectivity index (χ4v) is 4.31. The fourth-order valence-electron chi connectivity index (χ4n) is 4.31. The molecule has 8 heteroatoms. The van der Waals surface area contributed by atoms with Gasteiger partial charge in [-0.3, -0.25) is 4.79 Å². The maximum absolute atomic E-state index is 12.8. The predicted octanol–water partition coefficient (Wildman–Crippen LogP) is 3.30. The van der Waals surface area contributed by atoms with E-state index in [-0.39, 0.29) is 5.91 Å². The molecule has 4 aromatic rings. The first kappa shape index (κ1) is 20.4. The van der Waals surface area contributed by atoms with E-state index in [1.165, 1.54) is 0 Å². The number of morpholine rings is 1. The molecular weight excluding hydrogens is 404 g/mol. The first-order valence-corrected chi connectivity index (χ1v) is 10.9. The van der Waals surface area contributed by atoms with Gasteiger partial charge in [0.15, 0.2) is 11.5 Å². The molecule has 1 aromatic carbocycles. The van der Waals surface area contributed by atoms with Crippen LogP contribution >= 0.6 is 0 Å². The molecule has 0 unspecified atom stereocenters. The van der Waals surface area contributed by atoms with E-state index in [9.17, 15) is 4.79 Å². The minimum absolute atomic E-state index is 0.0444. The Morgan fingerprint density at radius 1 is 1.12 bits per heavy atom. The summed E-state index contributed by atoms with van der Waals surface area (Å²) in [4.78, 5) is 24.3. The molecule has 164 valence electrons. The van der Waals surface area contributed by atoms with Crippen LogP contribution in [0, 0.1) is 13.8 Å². The molecule has 0 saturated carbocycles. The third kappa shape index (κ3) is 3.78. The van der Waals surface area contributed by atoms with Crippen molar-refractivity contribution in [2.45, 2.75) is 26.7 Å². The minimum Gasteiger partial charge on any atom is -0.378 e. The van der Waals surface area contributed by atoms with Gasteiger partial charge in [-0.1, -0.05) is 12.1 Å². The summed E-state index contributed by atoms with van der Waals surface area (Å²) in [6.45, 7) is 6.91. The summed E-state index contributed by atoms with van der Waals surface area (Å²) in [6, 6.07) is 11.7. The molecule has 0 radical (unpaired) electrons. The number of hydrogen-bond acceptors (Lipinski definition) is 6. The summed E-state index contributed by atoms with van der Waals surface area (Å²) in [7, 11) is 0. The molecule has 8 nitrogen and oxygen atoms in total. The molecule has 0 aliphatic carbocycles. The van der Waals surface area contributed by atoms with Gasteiger partial charge in [-0.05, 0) is 50.1 Å². The topological polar surface area (TPSA) is 84.7 Å². The van der Waals surface area contributed by atoms with Crippen molar-refractivity contribution in [1.82, 2.24) is 19.6 Å². The number of aryl methyl sites for hydroxylation is 2. The quantitative estimate of drug-likeness (QED) is 0.523. The van der Waals surface area contributed by atoms with Crippen molar-refractivity contribution in [2.24, 2.45) is 0 Å². The third-order valence-electron chi connectivity index (χ3n) is 5.99. The van der Waals surface area contributed by atoms with Crippen LogP contribution in [0.2, 0.25) is 0 Å². The first-order chi connectivity index (χ1) is 15.6. The molecule has 1 aliphatic rings. The number of rotatable bonds is 5. The zero-order valence-corrected chi connectivity index (χ0v) is 18.3. The van der Waals surface area contributed by atoms with E-state index in [2.05, 4.69) is 15.2 Å². The maximum Gasteiger partial charge on any atom is 0.224 e. The molecular formula is C24H26N6O2. The predicted molar refractivity (Wildman–Crippen MR) is 124 cm³/mol. The Hall–Kier alpha value is -3.52. The van der Waals surface area contributed by atoms with Crippen LogP contribution in [0.3, 0.4) is 0 Å². The Kier molecular flexibility index (Phi) is 5.45. The van der Waals surface area contributed by atoms with Crippen LogP contribution < -0.4 is 10.2 Å². The Balaban J connectivity index is 1.34. The van der Waals surface area contributed by atoms with Gasteiger partial charge in [0.05, 0.1) is 24.4 Å². The third-order valence-corrected chi connectivity index (χ3v) is 5.99. The lowest BCUT2D eigenvalue weighted by Gasteiger charge is -2.29. The highest BCUT2D eigenvalue weighted by atomic mass is 16.5.